The second-order valence-electron chi connectivity index (χ2n) is 3.48. The lowest BCUT2D eigenvalue weighted by molar-refractivity contribution is 1.43. The predicted octanol–water partition coefficient (Wildman–Crippen LogP) is 3.92. The Labute approximate surface area is 96.5 Å². The minimum Gasteiger partial charge on any atom is -0.361 e. The highest BCUT2D eigenvalue weighted by molar-refractivity contribution is 6.35. The van der Waals surface area contributed by atoms with Crippen molar-refractivity contribution in [3.05, 3.63) is 47.0 Å². The standard InChI is InChI=1S/C12H6ClN3/c1-14-7-2-3-10-9(6-7)11-8(4-5-15-11)12(13)16-10/h2-6,15H. The largest absolute Gasteiger partial charge is 0.361 e. The van der Waals surface area contributed by atoms with Crippen LogP contribution in [0.2, 0.25) is 5.15 Å². The van der Waals surface area contributed by atoms with E-state index < -0.39 is 0 Å². The number of nitrogens with zero attached hydrogens (tertiary/aromatic N) is 2. The number of rotatable bonds is 0. The molecule has 0 aliphatic heterocycles. The Morgan fingerprint density at radius 2 is 2.12 bits per heavy atom. The monoisotopic (exact) mass is 227 g/mol. The summed E-state index contributed by atoms with van der Waals surface area (Å²) in [7, 11) is 0. The molecule has 0 saturated carbocycles. The van der Waals surface area contributed by atoms with Gasteiger partial charge >= 0.3 is 0 Å². The lowest BCUT2D eigenvalue weighted by Gasteiger charge is -2.01. The summed E-state index contributed by atoms with van der Waals surface area (Å²) in [5.74, 6) is 0. The van der Waals surface area contributed by atoms with Crippen LogP contribution >= 0.6 is 11.6 Å². The molecular weight excluding hydrogens is 222 g/mol. The van der Waals surface area contributed by atoms with Gasteiger partial charge in [0.1, 0.15) is 5.15 Å². The van der Waals surface area contributed by atoms with Gasteiger partial charge in [-0.1, -0.05) is 17.7 Å². The number of hydrogen-bond acceptors (Lipinski definition) is 1. The van der Waals surface area contributed by atoms with Crippen molar-refractivity contribution in [2.75, 3.05) is 0 Å². The fraction of sp³-hybridized carbons (Fsp3) is 0. The summed E-state index contributed by atoms with van der Waals surface area (Å²) >= 11 is 6.06. The quantitative estimate of drug-likeness (QED) is 0.458. The number of aromatic amines is 1. The van der Waals surface area contributed by atoms with E-state index in [0.29, 0.717) is 10.8 Å². The number of benzene rings is 1. The van der Waals surface area contributed by atoms with Gasteiger partial charge in [-0.2, -0.15) is 0 Å². The third kappa shape index (κ3) is 1.17. The Bertz CT molecular complexity index is 737. The van der Waals surface area contributed by atoms with Gasteiger partial charge in [0.15, 0.2) is 5.69 Å². The molecule has 3 aromatic rings. The average Bonchev–Trinajstić information content (AvgIpc) is 2.78. The number of hydrogen-bond donors (Lipinski definition) is 1. The summed E-state index contributed by atoms with van der Waals surface area (Å²) in [5.41, 5.74) is 2.33. The van der Waals surface area contributed by atoms with E-state index in [9.17, 15) is 0 Å². The molecule has 0 unspecified atom stereocenters. The van der Waals surface area contributed by atoms with Gasteiger partial charge in [-0.3, -0.25) is 0 Å². The van der Waals surface area contributed by atoms with Crippen LogP contribution in [0.5, 0.6) is 0 Å². The van der Waals surface area contributed by atoms with Crippen LogP contribution in [0.15, 0.2) is 30.5 Å². The number of halogens is 1. The van der Waals surface area contributed by atoms with Crippen LogP contribution < -0.4 is 0 Å². The zero-order valence-electron chi connectivity index (χ0n) is 8.16. The summed E-state index contributed by atoms with van der Waals surface area (Å²) in [6, 6.07) is 7.27. The highest BCUT2D eigenvalue weighted by atomic mass is 35.5. The summed E-state index contributed by atoms with van der Waals surface area (Å²) < 4.78 is 0. The van der Waals surface area contributed by atoms with Gasteiger partial charge in [0.25, 0.3) is 0 Å². The topological polar surface area (TPSA) is 33.0 Å². The van der Waals surface area contributed by atoms with Crippen molar-refractivity contribution in [3.63, 3.8) is 0 Å². The summed E-state index contributed by atoms with van der Waals surface area (Å²) in [4.78, 5) is 10.8. The number of fused-ring (bicyclic) bond motifs is 3. The summed E-state index contributed by atoms with van der Waals surface area (Å²) in [6.07, 6.45) is 1.82. The SMILES string of the molecule is [C-]#[N+]c1ccc2nc(Cl)c3cc[nH]c3c2c1. The third-order valence-electron chi connectivity index (χ3n) is 2.57. The second-order valence-corrected chi connectivity index (χ2v) is 3.84. The van der Waals surface area contributed by atoms with Crippen LogP contribution in [0, 0.1) is 6.57 Å². The first-order valence-electron chi connectivity index (χ1n) is 4.73. The Balaban J connectivity index is 2.56. The zero-order chi connectivity index (χ0) is 11.1. The van der Waals surface area contributed by atoms with Crippen LogP contribution in [0.3, 0.4) is 0 Å². The minimum absolute atomic E-state index is 0.485. The average molecular weight is 228 g/mol. The van der Waals surface area contributed by atoms with E-state index in [4.69, 9.17) is 18.2 Å². The van der Waals surface area contributed by atoms with E-state index in [1.54, 1.807) is 6.07 Å². The van der Waals surface area contributed by atoms with Crippen molar-refractivity contribution < 1.29 is 0 Å². The van der Waals surface area contributed by atoms with E-state index in [2.05, 4.69) is 14.8 Å². The van der Waals surface area contributed by atoms with E-state index in [1.165, 1.54) is 0 Å². The van der Waals surface area contributed by atoms with Gasteiger partial charge in [-0.05, 0) is 18.2 Å². The van der Waals surface area contributed by atoms with E-state index in [1.807, 2.05) is 24.4 Å². The molecule has 0 bridgehead atoms. The van der Waals surface area contributed by atoms with Crippen molar-refractivity contribution in [1.82, 2.24) is 9.97 Å². The van der Waals surface area contributed by atoms with Crippen LogP contribution in [0.1, 0.15) is 0 Å². The first-order valence-corrected chi connectivity index (χ1v) is 5.11. The molecule has 1 aromatic carbocycles. The maximum Gasteiger partial charge on any atom is 0.188 e. The molecule has 76 valence electrons. The molecule has 0 aliphatic carbocycles. The molecule has 2 heterocycles. The molecule has 0 amide bonds. The predicted molar refractivity (Wildman–Crippen MR) is 64.9 cm³/mol. The van der Waals surface area contributed by atoms with Crippen LogP contribution in [-0.2, 0) is 0 Å². The Kier molecular flexibility index (Phi) is 1.85. The Morgan fingerprint density at radius 1 is 1.25 bits per heavy atom. The maximum atomic E-state index is 7.00. The molecule has 16 heavy (non-hydrogen) atoms. The fourth-order valence-corrected chi connectivity index (χ4v) is 2.07. The van der Waals surface area contributed by atoms with Crippen LogP contribution in [-0.4, -0.2) is 9.97 Å². The van der Waals surface area contributed by atoms with Gasteiger partial charge in [0.05, 0.1) is 17.6 Å². The van der Waals surface area contributed by atoms with E-state index in [-0.39, 0.29) is 0 Å². The van der Waals surface area contributed by atoms with Crippen molar-refractivity contribution in [2.24, 2.45) is 0 Å². The molecule has 0 saturated heterocycles. The van der Waals surface area contributed by atoms with Crippen molar-refractivity contribution in [3.8, 4) is 0 Å². The molecule has 2 aromatic heterocycles. The van der Waals surface area contributed by atoms with Gasteiger partial charge in [0, 0.05) is 17.0 Å². The molecule has 3 nitrogen and oxygen atoms in total. The molecule has 0 fully saturated rings. The molecule has 0 radical (unpaired) electrons. The smallest absolute Gasteiger partial charge is 0.188 e. The molecule has 0 aliphatic rings. The number of H-pyrrole nitrogens is 1. The lowest BCUT2D eigenvalue weighted by atomic mass is 10.1. The Morgan fingerprint density at radius 3 is 2.94 bits per heavy atom. The number of nitrogens with one attached hydrogen (secondary N) is 1. The second kappa shape index (κ2) is 3.22. The van der Waals surface area contributed by atoms with Gasteiger partial charge in [0.2, 0.25) is 0 Å². The molecule has 0 spiro atoms. The fourth-order valence-electron chi connectivity index (χ4n) is 1.82. The van der Waals surface area contributed by atoms with Crippen LogP contribution in [0.25, 0.3) is 26.7 Å². The third-order valence-corrected chi connectivity index (χ3v) is 2.85. The highest BCUT2D eigenvalue weighted by Crippen LogP contribution is 2.30. The minimum atomic E-state index is 0.485. The van der Waals surface area contributed by atoms with Crippen molar-refractivity contribution >= 4 is 39.1 Å². The van der Waals surface area contributed by atoms with E-state index >= 15 is 0 Å². The van der Waals surface area contributed by atoms with Gasteiger partial charge < -0.3 is 4.98 Å². The molecule has 1 N–H and O–H groups in total. The molecule has 3 rings (SSSR count). The summed E-state index contributed by atoms with van der Waals surface area (Å²) in [5, 5.41) is 2.30. The van der Waals surface area contributed by atoms with E-state index in [0.717, 1.165) is 21.8 Å². The molecule has 0 atom stereocenters. The maximum absolute atomic E-state index is 7.00. The van der Waals surface area contributed by atoms with Crippen LogP contribution in [0.4, 0.5) is 5.69 Å². The van der Waals surface area contributed by atoms with Crippen molar-refractivity contribution in [2.45, 2.75) is 0 Å². The summed E-state index contributed by atoms with van der Waals surface area (Å²) in [6.45, 7) is 7.00. The Hall–Kier alpha value is -2.05. The van der Waals surface area contributed by atoms with Gasteiger partial charge in [-0.25, -0.2) is 9.83 Å². The first kappa shape index (κ1) is 9.20. The zero-order valence-corrected chi connectivity index (χ0v) is 8.92. The van der Waals surface area contributed by atoms with Gasteiger partial charge in [-0.15, -0.1) is 0 Å². The normalized spacial score (nSPS) is 10.8. The number of aromatic nitrogens is 2. The number of pyridine rings is 1. The molecular formula is C12H6ClN3. The first-order chi connectivity index (χ1) is 7.79. The highest BCUT2D eigenvalue weighted by Gasteiger charge is 2.07. The molecule has 4 heteroatoms. The van der Waals surface area contributed by atoms with Crippen molar-refractivity contribution in [1.29, 1.82) is 0 Å². The lowest BCUT2D eigenvalue weighted by Crippen LogP contribution is -1.82.